The number of piperazine rings is 1. The zero-order chi connectivity index (χ0) is 18.1. The largest absolute Gasteiger partial charge is 0.369 e. The lowest BCUT2D eigenvalue weighted by atomic mass is 9.98. The van der Waals surface area contributed by atoms with Crippen LogP contribution in [0.3, 0.4) is 0 Å². The topological polar surface area (TPSA) is 52.7 Å². The molecule has 26 heavy (non-hydrogen) atoms. The van der Waals surface area contributed by atoms with Crippen LogP contribution >= 0.6 is 11.6 Å². The van der Waals surface area contributed by atoms with E-state index in [9.17, 15) is 8.42 Å². The third kappa shape index (κ3) is 3.34. The van der Waals surface area contributed by atoms with Gasteiger partial charge in [0.25, 0.3) is 0 Å². The third-order valence-electron chi connectivity index (χ3n) is 5.10. The smallest absolute Gasteiger partial charge is 0.243 e. The molecule has 0 amide bonds. The SMILES string of the molecule is O=S(=O)(c1cccc(Cl)c1)N1CCc2c(cccc2N2CCNCC2)C1. The second kappa shape index (κ2) is 7.19. The molecule has 0 aliphatic carbocycles. The van der Waals surface area contributed by atoms with Crippen LogP contribution in [0.5, 0.6) is 0 Å². The summed E-state index contributed by atoms with van der Waals surface area (Å²) in [5, 5.41) is 3.81. The average molecular weight is 392 g/mol. The van der Waals surface area contributed by atoms with Crippen molar-refractivity contribution in [3.63, 3.8) is 0 Å². The summed E-state index contributed by atoms with van der Waals surface area (Å²) in [6.07, 6.45) is 0.731. The van der Waals surface area contributed by atoms with Crippen LogP contribution in [0.2, 0.25) is 5.02 Å². The minimum absolute atomic E-state index is 0.256. The van der Waals surface area contributed by atoms with Gasteiger partial charge in [0.1, 0.15) is 0 Å². The molecule has 138 valence electrons. The Balaban J connectivity index is 1.62. The van der Waals surface area contributed by atoms with Crippen LogP contribution < -0.4 is 10.2 Å². The number of nitrogens with zero attached hydrogens (tertiary/aromatic N) is 2. The summed E-state index contributed by atoms with van der Waals surface area (Å²) in [6, 6.07) is 12.7. The summed E-state index contributed by atoms with van der Waals surface area (Å²) in [5.74, 6) is 0. The summed E-state index contributed by atoms with van der Waals surface area (Å²) in [7, 11) is -3.54. The van der Waals surface area contributed by atoms with E-state index in [0.29, 0.717) is 18.1 Å². The minimum Gasteiger partial charge on any atom is -0.369 e. The number of sulfonamides is 1. The molecule has 2 aromatic rings. The van der Waals surface area contributed by atoms with Gasteiger partial charge < -0.3 is 10.2 Å². The number of fused-ring (bicyclic) bond motifs is 1. The first-order valence-electron chi connectivity index (χ1n) is 8.88. The van der Waals surface area contributed by atoms with Gasteiger partial charge in [-0.05, 0) is 41.8 Å². The van der Waals surface area contributed by atoms with Crippen molar-refractivity contribution < 1.29 is 8.42 Å². The molecule has 2 aromatic carbocycles. The lowest BCUT2D eigenvalue weighted by Crippen LogP contribution is -2.44. The monoisotopic (exact) mass is 391 g/mol. The van der Waals surface area contributed by atoms with Crippen molar-refractivity contribution in [2.75, 3.05) is 37.6 Å². The van der Waals surface area contributed by atoms with Crippen molar-refractivity contribution in [2.45, 2.75) is 17.9 Å². The van der Waals surface area contributed by atoms with E-state index >= 15 is 0 Å². The minimum atomic E-state index is -3.54. The Hall–Kier alpha value is -1.60. The number of hydrogen-bond donors (Lipinski definition) is 1. The Morgan fingerprint density at radius 1 is 1.00 bits per heavy atom. The summed E-state index contributed by atoms with van der Waals surface area (Å²) in [6.45, 7) is 4.84. The lowest BCUT2D eigenvalue weighted by molar-refractivity contribution is 0.391. The number of anilines is 1. The van der Waals surface area contributed by atoms with Gasteiger partial charge in [-0.3, -0.25) is 0 Å². The molecule has 0 unspecified atom stereocenters. The average Bonchev–Trinajstić information content (AvgIpc) is 2.67. The number of hydrogen-bond acceptors (Lipinski definition) is 4. The first-order chi connectivity index (χ1) is 12.6. The molecule has 7 heteroatoms. The highest BCUT2D eigenvalue weighted by Gasteiger charge is 2.30. The molecule has 2 aliphatic heterocycles. The molecule has 1 N–H and O–H groups in total. The highest BCUT2D eigenvalue weighted by molar-refractivity contribution is 7.89. The van der Waals surface area contributed by atoms with Gasteiger partial charge >= 0.3 is 0 Å². The molecule has 0 spiro atoms. The zero-order valence-electron chi connectivity index (χ0n) is 14.5. The van der Waals surface area contributed by atoms with Gasteiger partial charge in [-0.15, -0.1) is 0 Å². The quantitative estimate of drug-likeness (QED) is 0.873. The van der Waals surface area contributed by atoms with Crippen LogP contribution in [-0.2, 0) is 23.0 Å². The standard InChI is InChI=1S/C19H22ClN3O2S/c20-16-4-2-5-17(13-16)26(24,25)23-10-7-18-15(14-23)3-1-6-19(18)22-11-8-21-9-12-22/h1-6,13,21H,7-12,14H2. The number of halogens is 1. The van der Waals surface area contributed by atoms with E-state index in [2.05, 4.69) is 16.3 Å². The number of benzene rings is 2. The second-order valence-electron chi connectivity index (χ2n) is 6.70. The van der Waals surface area contributed by atoms with E-state index in [-0.39, 0.29) is 4.90 Å². The van der Waals surface area contributed by atoms with Gasteiger partial charge in [-0.25, -0.2) is 8.42 Å². The van der Waals surface area contributed by atoms with E-state index in [1.807, 2.05) is 12.1 Å². The molecular formula is C19H22ClN3O2S. The lowest BCUT2D eigenvalue weighted by Gasteiger charge is -2.35. The molecule has 0 saturated carbocycles. The second-order valence-corrected chi connectivity index (χ2v) is 9.07. The Morgan fingerprint density at radius 2 is 1.77 bits per heavy atom. The fourth-order valence-corrected chi connectivity index (χ4v) is 5.47. The molecule has 0 radical (unpaired) electrons. The first kappa shape index (κ1) is 17.8. The van der Waals surface area contributed by atoms with Crippen LogP contribution in [0.4, 0.5) is 5.69 Å². The Kier molecular flexibility index (Phi) is 4.92. The van der Waals surface area contributed by atoms with E-state index in [1.54, 1.807) is 22.5 Å². The summed E-state index contributed by atoms with van der Waals surface area (Å²) >= 11 is 5.98. The summed E-state index contributed by atoms with van der Waals surface area (Å²) in [5.41, 5.74) is 3.63. The summed E-state index contributed by atoms with van der Waals surface area (Å²) < 4.78 is 27.5. The number of nitrogens with one attached hydrogen (secondary N) is 1. The zero-order valence-corrected chi connectivity index (χ0v) is 16.1. The maximum atomic E-state index is 13.0. The van der Waals surface area contributed by atoms with E-state index in [1.165, 1.54) is 17.3 Å². The Morgan fingerprint density at radius 3 is 2.54 bits per heavy atom. The highest BCUT2D eigenvalue weighted by atomic mass is 35.5. The van der Waals surface area contributed by atoms with Crippen molar-refractivity contribution in [3.8, 4) is 0 Å². The normalized spacial score (nSPS) is 18.6. The molecule has 2 heterocycles. The van der Waals surface area contributed by atoms with Gasteiger partial charge in [0, 0.05) is 50.0 Å². The molecular weight excluding hydrogens is 370 g/mol. The molecule has 0 aromatic heterocycles. The van der Waals surface area contributed by atoms with Crippen LogP contribution in [0, 0.1) is 0 Å². The molecule has 0 bridgehead atoms. The maximum absolute atomic E-state index is 13.0. The predicted molar refractivity (Wildman–Crippen MR) is 104 cm³/mol. The van der Waals surface area contributed by atoms with Crippen LogP contribution in [-0.4, -0.2) is 45.4 Å². The first-order valence-corrected chi connectivity index (χ1v) is 10.7. The summed E-state index contributed by atoms with van der Waals surface area (Å²) in [4.78, 5) is 2.66. The predicted octanol–water partition coefficient (Wildman–Crippen LogP) is 2.50. The molecule has 1 fully saturated rings. The molecule has 1 saturated heterocycles. The van der Waals surface area contributed by atoms with E-state index < -0.39 is 10.0 Å². The Labute approximate surface area is 159 Å². The highest BCUT2D eigenvalue weighted by Crippen LogP contribution is 2.32. The molecule has 2 aliphatic rings. The fourth-order valence-electron chi connectivity index (χ4n) is 3.75. The van der Waals surface area contributed by atoms with E-state index in [4.69, 9.17) is 11.6 Å². The van der Waals surface area contributed by atoms with Gasteiger partial charge in [-0.2, -0.15) is 4.31 Å². The van der Waals surface area contributed by atoms with Gasteiger partial charge in [0.15, 0.2) is 0 Å². The van der Waals surface area contributed by atoms with Gasteiger partial charge in [0.05, 0.1) is 4.90 Å². The fraction of sp³-hybridized carbons (Fsp3) is 0.368. The van der Waals surface area contributed by atoms with Crippen LogP contribution in [0.1, 0.15) is 11.1 Å². The van der Waals surface area contributed by atoms with Crippen molar-refractivity contribution >= 4 is 27.3 Å². The third-order valence-corrected chi connectivity index (χ3v) is 7.17. The van der Waals surface area contributed by atoms with Gasteiger partial charge in [0.2, 0.25) is 10.0 Å². The molecule has 0 atom stereocenters. The van der Waals surface area contributed by atoms with E-state index in [0.717, 1.165) is 38.2 Å². The number of rotatable bonds is 3. The van der Waals surface area contributed by atoms with Crippen molar-refractivity contribution in [1.29, 1.82) is 0 Å². The van der Waals surface area contributed by atoms with Crippen LogP contribution in [0.25, 0.3) is 0 Å². The maximum Gasteiger partial charge on any atom is 0.243 e. The Bertz CT molecular complexity index is 911. The molecule has 4 rings (SSSR count). The van der Waals surface area contributed by atoms with Crippen molar-refractivity contribution in [1.82, 2.24) is 9.62 Å². The van der Waals surface area contributed by atoms with Crippen LogP contribution in [0.15, 0.2) is 47.4 Å². The van der Waals surface area contributed by atoms with Gasteiger partial charge in [-0.1, -0.05) is 29.8 Å². The van der Waals surface area contributed by atoms with Crippen molar-refractivity contribution in [3.05, 3.63) is 58.6 Å². The van der Waals surface area contributed by atoms with Crippen molar-refractivity contribution in [2.24, 2.45) is 0 Å². The molecule has 5 nitrogen and oxygen atoms in total.